The van der Waals surface area contributed by atoms with Crippen molar-refractivity contribution >= 4 is 5.69 Å². The topological polar surface area (TPSA) is 44.7 Å². The van der Waals surface area contributed by atoms with E-state index in [0.717, 1.165) is 18.7 Å². The third-order valence-corrected chi connectivity index (χ3v) is 3.31. The highest BCUT2D eigenvalue weighted by Crippen LogP contribution is 2.18. The van der Waals surface area contributed by atoms with Crippen molar-refractivity contribution in [3.05, 3.63) is 29.6 Å². The van der Waals surface area contributed by atoms with Crippen LogP contribution in [0.2, 0.25) is 0 Å². The van der Waals surface area contributed by atoms with Crippen molar-refractivity contribution in [3.8, 4) is 0 Å². The highest BCUT2D eigenvalue weighted by Gasteiger charge is 2.15. The SMILES string of the molecule is Cc1cccc(F)c1NCC(O)CN1CCOCC1. The third-order valence-electron chi connectivity index (χ3n) is 3.31. The molecule has 0 aliphatic carbocycles. The molecule has 19 heavy (non-hydrogen) atoms. The van der Waals surface area contributed by atoms with Crippen LogP contribution in [0, 0.1) is 12.7 Å². The largest absolute Gasteiger partial charge is 0.390 e. The zero-order valence-electron chi connectivity index (χ0n) is 11.2. The van der Waals surface area contributed by atoms with Crippen molar-refractivity contribution in [3.63, 3.8) is 0 Å². The first-order valence-electron chi connectivity index (χ1n) is 6.64. The number of anilines is 1. The molecule has 1 unspecified atom stereocenters. The highest BCUT2D eigenvalue weighted by atomic mass is 19.1. The van der Waals surface area contributed by atoms with E-state index in [1.54, 1.807) is 6.07 Å². The van der Waals surface area contributed by atoms with Crippen LogP contribution in [0.4, 0.5) is 10.1 Å². The average molecular weight is 268 g/mol. The van der Waals surface area contributed by atoms with Gasteiger partial charge in [-0.05, 0) is 18.6 Å². The maximum atomic E-state index is 13.6. The standard InChI is InChI=1S/C14H21FN2O2/c1-11-3-2-4-13(15)14(11)16-9-12(18)10-17-5-7-19-8-6-17/h2-4,12,16,18H,5-10H2,1H3. The van der Waals surface area contributed by atoms with Gasteiger partial charge in [0.1, 0.15) is 5.82 Å². The van der Waals surface area contributed by atoms with E-state index in [1.807, 2.05) is 13.0 Å². The molecule has 0 amide bonds. The van der Waals surface area contributed by atoms with Gasteiger partial charge in [-0.1, -0.05) is 12.1 Å². The lowest BCUT2D eigenvalue weighted by Gasteiger charge is -2.28. The van der Waals surface area contributed by atoms with Crippen LogP contribution < -0.4 is 5.32 Å². The quantitative estimate of drug-likeness (QED) is 0.843. The molecular formula is C14H21FN2O2. The molecule has 1 atom stereocenters. The Balaban J connectivity index is 1.81. The van der Waals surface area contributed by atoms with Gasteiger partial charge in [-0.3, -0.25) is 4.90 Å². The Labute approximate surface area is 113 Å². The molecule has 0 bridgehead atoms. The van der Waals surface area contributed by atoms with Crippen molar-refractivity contribution in [2.45, 2.75) is 13.0 Å². The molecule has 2 N–H and O–H groups in total. The lowest BCUT2D eigenvalue weighted by Crippen LogP contribution is -2.42. The van der Waals surface area contributed by atoms with Crippen LogP contribution >= 0.6 is 0 Å². The second-order valence-corrected chi connectivity index (χ2v) is 4.88. The average Bonchev–Trinajstić information content (AvgIpc) is 2.39. The number of β-amino-alcohol motifs (C(OH)–C–C–N with tert-alkyl or cyclic N) is 1. The maximum Gasteiger partial charge on any atom is 0.146 e. The molecule has 5 heteroatoms. The number of hydrogen-bond acceptors (Lipinski definition) is 4. The second-order valence-electron chi connectivity index (χ2n) is 4.88. The number of ether oxygens (including phenoxy) is 1. The third kappa shape index (κ3) is 4.16. The van der Waals surface area contributed by atoms with Crippen LogP contribution in [0.5, 0.6) is 0 Å². The summed E-state index contributed by atoms with van der Waals surface area (Å²) < 4.78 is 18.8. The molecule has 0 radical (unpaired) electrons. The molecule has 1 aliphatic rings. The zero-order valence-corrected chi connectivity index (χ0v) is 11.2. The molecule has 1 saturated heterocycles. The normalized spacial score (nSPS) is 18.3. The summed E-state index contributed by atoms with van der Waals surface area (Å²) in [5.74, 6) is -0.279. The van der Waals surface area contributed by atoms with Gasteiger partial charge in [0.15, 0.2) is 0 Å². The first-order valence-corrected chi connectivity index (χ1v) is 6.64. The maximum absolute atomic E-state index is 13.6. The summed E-state index contributed by atoms with van der Waals surface area (Å²) >= 11 is 0. The summed E-state index contributed by atoms with van der Waals surface area (Å²) in [5, 5.41) is 13.0. The number of aryl methyl sites for hydroxylation is 1. The number of morpholine rings is 1. The Morgan fingerprint density at radius 1 is 1.42 bits per heavy atom. The monoisotopic (exact) mass is 268 g/mol. The van der Waals surface area contributed by atoms with E-state index >= 15 is 0 Å². The van der Waals surface area contributed by atoms with Gasteiger partial charge in [-0.2, -0.15) is 0 Å². The summed E-state index contributed by atoms with van der Waals surface area (Å²) in [6.07, 6.45) is -0.517. The number of halogens is 1. The van der Waals surface area contributed by atoms with Crippen LogP contribution in [-0.2, 0) is 4.74 Å². The summed E-state index contributed by atoms with van der Waals surface area (Å²) in [6.45, 7) is 5.90. The first-order chi connectivity index (χ1) is 9.16. The summed E-state index contributed by atoms with van der Waals surface area (Å²) in [5.41, 5.74) is 1.32. The Bertz CT molecular complexity index is 388. The molecule has 0 spiro atoms. The molecule has 1 aromatic carbocycles. The van der Waals surface area contributed by atoms with Crippen LogP contribution in [0.15, 0.2) is 18.2 Å². The number of nitrogens with one attached hydrogen (secondary N) is 1. The van der Waals surface area contributed by atoms with Gasteiger partial charge in [-0.25, -0.2) is 4.39 Å². The van der Waals surface area contributed by atoms with Crippen molar-refractivity contribution in [1.29, 1.82) is 0 Å². The van der Waals surface area contributed by atoms with E-state index in [9.17, 15) is 9.50 Å². The van der Waals surface area contributed by atoms with E-state index in [4.69, 9.17) is 4.74 Å². The van der Waals surface area contributed by atoms with Crippen molar-refractivity contribution in [2.75, 3.05) is 44.7 Å². The van der Waals surface area contributed by atoms with Crippen molar-refractivity contribution in [2.24, 2.45) is 0 Å². The number of para-hydroxylation sites is 1. The molecule has 0 saturated carbocycles. The van der Waals surface area contributed by atoms with E-state index in [0.29, 0.717) is 32.0 Å². The fourth-order valence-corrected chi connectivity index (χ4v) is 2.22. The van der Waals surface area contributed by atoms with Gasteiger partial charge in [0.2, 0.25) is 0 Å². The van der Waals surface area contributed by atoms with Gasteiger partial charge in [0.05, 0.1) is 25.0 Å². The molecule has 0 aromatic heterocycles. The minimum Gasteiger partial charge on any atom is -0.390 e. The molecular weight excluding hydrogens is 247 g/mol. The van der Waals surface area contributed by atoms with E-state index in [-0.39, 0.29) is 5.82 Å². The molecule has 1 aromatic rings. The van der Waals surface area contributed by atoms with Gasteiger partial charge in [-0.15, -0.1) is 0 Å². The van der Waals surface area contributed by atoms with Gasteiger partial charge >= 0.3 is 0 Å². The Morgan fingerprint density at radius 3 is 2.84 bits per heavy atom. The Kier molecular flexibility index (Phi) is 5.13. The number of benzene rings is 1. The number of nitrogens with zero attached hydrogens (tertiary/aromatic N) is 1. The highest BCUT2D eigenvalue weighted by molar-refractivity contribution is 5.51. The summed E-state index contributed by atoms with van der Waals surface area (Å²) in [4.78, 5) is 2.16. The van der Waals surface area contributed by atoms with E-state index in [2.05, 4.69) is 10.2 Å². The smallest absolute Gasteiger partial charge is 0.146 e. The predicted molar refractivity (Wildman–Crippen MR) is 72.9 cm³/mol. The van der Waals surface area contributed by atoms with Gasteiger partial charge < -0.3 is 15.2 Å². The first kappa shape index (κ1) is 14.2. The zero-order chi connectivity index (χ0) is 13.7. The van der Waals surface area contributed by atoms with E-state index < -0.39 is 6.10 Å². The number of aliphatic hydroxyl groups excluding tert-OH is 1. The molecule has 2 rings (SSSR count). The van der Waals surface area contributed by atoms with E-state index in [1.165, 1.54) is 6.07 Å². The van der Waals surface area contributed by atoms with Crippen molar-refractivity contribution < 1.29 is 14.2 Å². The minimum absolute atomic E-state index is 0.279. The van der Waals surface area contributed by atoms with Gasteiger partial charge in [0, 0.05) is 26.2 Å². The Hall–Kier alpha value is -1.17. The molecule has 1 heterocycles. The minimum atomic E-state index is -0.517. The number of rotatable bonds is 5. The van der Waals surface area contributed by atoms with Crippen LogP contribution in [0.3, 0.4) is 0 Å². The van der Waals surface area contributed by atoms with Crippen LogP contribution in [0.1, 0.15) is 5.56 Å². The fourth-order valence-electron chi connectivity index (χ4n) is 2.22. The molecule has 106 valence electrons. The van der Waals surface area contributed by atoms with Gasteiger partial charge in [0.25, 0.3) is 0 Å². The second kappa shape index (κ2) is 6.84. The lowest BCUT2D eigenvalue weighted by molar-refractivity contribution is 0.0171. The summed E-state index contributed by atoms with van der Waals surface area (Å²) in [7, 11) is 0. The Morgan fingerprint density at radius 2 is 2.16 bits per heavy atom. The van der Waals surface area contributed by atoms with Crippen molar-refractivity contribution in [1.82, 2.24) is 4.90 Å². The lowest BCUT2D eigenvalue weighted by atomic mass is 10.2. The molecule has 1 fully saturated rings. The van der Waals surface area contributed by atoms with Crippen LogP contribution in [0.25, 0.3) is 0 Å². The molecule has 1 aliphatic heterocycles. The number of aliphatic hydroxyl groups is 1. The fraction of sp³-hybridized carbons (Fsp3) is 0.571. The number of hydrogen-bond donors (Lipinski definition) is 2. The predicted octanol–water partition coefficient (Wildman–Crippen LogP) is 1.24. The summed E-state index contributed by atoms with van der Waals surface area (Å²) in [6, 6.07) is 4.95. The molecule has 4 nitrogen and oxygen atoms in total. The van der Waals surface area contributed by atoms with Crippen LogP contribution in [-0.4, -0.2) is 55.5 Å².